The van der Waals surface area contributed by atoms with Gasteiger partial charge in [0.1, 0.15) is 11.5 Å². The van der Waals surface area contributed by atoms with E-state index in [0.717, 1.165) is 30.1 Å². The van der Waals surface area contributed by atoms with Gasteiger partial charge >= 0.3 is 6.18 Å². The molecule has 186 valence electrons. The lowest BCUT2D eigenvalue weighted by molar-refractivity contribution is -0.137. The summed E-state index contributed by atoms with van der Waals surface area (Å²) in [5.74, 6) is -0.598. The number of benzene rings is 1. The number of hydrogen-bond acceptors (Lipinski definition) is 5. The number of pyridine rings is 1. The van der Waals surface area contributed by atoms with Crippen LogP contribution in [0.25, 0.3) is 10.4 Å². The molecule has 0 saturated carbocycles. The number of nitrogens with zero attached hydrogens (tertiary/aromatic N) is 3. The predicted molar refractivity (Wildman–Crippen MR) is 125 cm³/mol. The number of ether oxygens (including phenoxy) is 1. The summed E-state index contributed by atoms with van der Waals surface area (Å²) in [6, 6.07) is 8.06. The normalized spacial score (nSPS) is 18.6. The van der Waals surface area contributed by atoms with Gasteiger partial charge in [0, 0.05) is 25.5 Å². The number of rotatable bonds is 6. The number of carbonyl (C=O) groups excluding carboxylic acids is 1. The zero-order chi connectivity index (χ0) is 25.2. The van der Waals surface area contributed by atoms with Gasteiger partial charge in [0.15, 0.2) is 0 Å². The standard InChI is InChI=1S/C25H25F4N3O2S/c1-15-31-22(23(35-15)16-5-8-18(26)9-6-16)24(33)32-13-3-4-21(34-2)20(32)12-11-19-10-7-17(14-30-19)25(27,28)29/h5-10,14,20-21H,3-4,11-13H2,1-2H3/t20-,21-/m1/s1. The fourth-order valence-electron chi connectivity index (χ4n) is 4.43. The molecule has 1 fully saturated rings. The molecule has 1 aromatic carbocycles. The van der Waals surface area contributed by atoms with Crippen LogP contribution in [0.5, 0.6) is 0 Å². The van der Waals surface area contributed by atoms with E-state index < -0.39 is 11.7 Å². The maximum atomic E-state index is 13.7. The molecule has 0 radical (unpaired) electrons. The smallest absolute Gasteiger partial charge is 0.379 e. The molecule has 5 nitrogen and oxygen atoms in total. The Morgan fingerprint density at radius 1 is 1.20 bits per heavy atom. The number of thiazole rings is 1. The molecule has 3 aromatic rings. The van der Waals surface area contributed by atoms with Crippen molar-refractivity contribution < 1.29 is 27.1 Å². The van der Waals surface area contributed by atoms with Crippen molar-refractivity contribution in [1.29, 1.82) is 0 Å². The van der Waals surface area contributed by atoms with Crippen LogP contribution in [-0.4, -0.2) is 46.6 Å². The number of methoxy groups -OCH3 is 1. The van der Waals surface area contributed by atoms with E-state index in [1.54, 1.807) is 24.1 Å². The van der Waals surface area contributed by atoms with Crippen molar-refractivity contribution in [1.82, 2.24) is 14.9 Å². The fraction of sp³-hybridized carbons (Fsp3) is 0.400. The Balaban J connectivity index is 1.57. The van der Waals surface area contributed by atoms with Crippen LogP contribution in [0.2, 0.25) is 0 Å². The summed E-state index contributed by atoms with van der Waals surface area (Å²) in [7, 11) is 1.60. The molecule has 1 aliphatic heterocycles. The first-order chi connectivity index (χ1) is 16.7. The van der Waals surface area contributed by atoms with E-state index in [1.165, 1.54) is 29.5 Å². The highest BCUT2D eigenvalue weighted by Gasteiger charge is 2.37. The van der Waals surface area contributed by atoms with Gasteiger partial charge in [-0.25, -0.2) is 9.37 Å². The molecule has 2 atom stereocenters. The number of hydrogen-bond donors (Lipinski definition) is 0. The molecule has 10 heteroatoms. The second-order valence-corrected chi connectivity index (χ2v) is 9.68. The minimum Gasteiger partial charge on any atom is -0.379 e. The Hall–Kier alpha value is -2.85. The van der Waals surface area contributed by atoms with Crippen LogP contribution in [0.1, 0.15) is 46.0 Å². The summed E-state index contributed by atoms with van der Waals surface area (Å²) in [6.07, 6.45) is -1.41. The Labute approximate surface area is 204 Å². The first-order valence-corrected chi connectivity index (χ1v) is 12.1. The van der Waals surface area contributed by atoms with Crippen LogP contribution >= 0.6 is 11.3 Å². The zero-order valence-corrected chi connectivity index (χ0v) is 20.1. The molecule has 1 saturated heterocycles. The summed E-state index contributed by atoms with van der Waals surface area (Å²) in [5.41, 5.74) is 0.750. The lowest BCUT2D eigenvalue weighted by Crippen LogP contribution is -2.52. The summed E-state index contributed by atoms with van der Waals surface area (Å²) < 4.78 is 57.7. The second-order valence-electron chi connectivity index (χ2n) is 8.47. The molecule has 1 amide bonds. The van der Waals surface area contributed by atoms with Crippen molar-refractivity contribution in [3.05, 3.63) is 70.4 Å². The van der Waals surface area contributed by atoms with E-state index in [4.69, 9.17) is 4.74 Å². The SMILES string of the molecule is CO[C@@H]1CCCN(C(=O)c2nc(C)sc2-c2ccc(F)cc2)[C@@H]1CCc1ccc(C(F)(F)F)cn1. The van der Waals surface area contributed by atoms with Crippen molar-refractivity contribution in [2.75, 3.05) is 13.7 Å². The van der Waals surface area contributed by atoms with Gasteiger partial charge in [-0.15, -0.1) is 11.3 Å². The Kier molecular flexibility index (Phi) is 7.51. The lowest BCUT2D eigenvalue weighted by atomic mass is 9.93. The second kappa shape index (κ2) is 10.4. The molecule has 35 heavy (non-hydrogen) atoms. The molecule has 0 aliphatic carbocycles. The Bertz CT molecular complexity index is 1160. The third-order valence-corrected chi connectivity index (χ3v) is 7.19. The van der Waals surface area contributed by atoms with Crippen LogP contribution in [0.4, 0.5) is 17.6 Å². The van der Waals surface area contributed by atoms with Gasteiger partial charge in [0.25, 0.3) is 5.91 Å². The van der Waals surface area contributed by atoms with E-state index in [0.29, 0.717) is 41.2 Å². The van der Waals surface area contributed by atoms with E-state index in [-0.39, 0.29) is 23.9 Å². The summed E-state index contributed by atoms with van der Waals surface area (Å²) >= 11 is 1.37. The number of piperidine rings is 1. The average molecular weight is 508 g/mol. The van der Waals surface area contributed by atoms with Crippen LogP contribution in [0, 0.1) is 12.7 Å². The zero-order valence-electron chi connectivity index (χ0n) is 19.3. The number of likely N-dealkylation sites (tertiary alicyclic amines) is 1. The predicted octanol–water partition coefficient (Wildman–Crippen LogP) is 5.92. The van der Waals surface area contributed by atoms with Crippen LogP contribution < -0.4 is 0 Å². The van der Waals surface area contributed by atoms with Gasteiger partial charge in [0.2, 0.25) is 0 Å². The third kappa shape index (κ3) is 5.70. The fourth-order valence-corrected chi connectivity index (χ4v) is 5.35. The molecule has 0 N–H and O–H groups in total. The van der Waals surface area contributed by atoms with Gasteiger partial charge in [-0.1, -0.05) is 12.1 Å². The van der Waals surface area contributed by atoms with E-state index in [9.17, 15) is 22.4 Å². The molecule has 1 aliphatic rings. The number of halogens is 4. The van der Waals surface area contributed by atoms with Gasteiger partial charge < -0.3 is 9.64 Å². The van der Waals surface area contributed by atoms with Gasteiger partial charge in [0.05, 0.1) is 27.6 Å². The highest BCUT2D eigenvalue weighted by molar-refractivity contribution is 7.15. The number of aromatic nitrogens is 2. The van der Waals surface area contributed by atoms with E-state index >= 15 is 0 Å². The minimum atomic E-state index is -4.44. The van der Waals surface area contributed by atoms with Crippen molar-refractivity contribution in [3.8, 4) is 10.4 Å². The monoisotopic (exact) mass is 507 g/mol. The third-order valence-electron chi connectivity index (χ3n) is 6.17. The minimum absolute atomic E-state index is 0.212. The number of carbonyl (C=O) groups is 1. The maximum absolute atomic E-state index is 13.7. The van der Waals surface area contributed by atoms with Crippen molar-refractivity contribution in [2.24, 2.45) is 0 Å². The molecule has 4 rings (SSSR count). The summed E-state index contributed by atoms with van der Waals surface area (Å²) in [6.45, 7) is 2.33. The van der Waals surface area contributed by atoms with E-state index in [1.807, 2.05) is 6.92 Å². The molecular formula is C25H25F4N3O2S. The summed E-state index contributed by atoms with van der Waals surface area (Å²) in [4.78, 5) is 24.6. The van der Waals surface area contributed by atoms with Crippen molar-refractivity contribution in [2.45, 2.75) is 50.9 Å². The topological polar surface area (TPSA) is 55.3 Å². The largest absolute Gasteiger partial charge is 0.417 e. The van der Waals surface area contributed by atoms with Crippen LogP contribution in [0.15, 0.2) is 42.6 Å². The highest BCUT2D eigenvalue weighted by atomic mass is 32.1. The molecule has 3 heterocycles. The molecule has 0 bridgehead atoms. The highest BCUT2D eigenvalue weighted by Crippen LogP contribution is 2.34. The van der Waals surface area contributed by atoms with Crippen LogP contribution in [0.3, 0.4) is 0 Å². The molecule has 2 aromatic heterocycles. The van der Waals surface area contributed by atoms with Gasteiger partial charge in [-0.2, -0.15) is 13.2 Å². The number of alkyl halides is 3. The molecule has 0 unspecified atom stereocenters. The average Bonchev–Trinajstić information content (AvgIpc) is 3.23. The van der Waals surface area contributed by atoms with Crippen molar-refractivity contribution in [3.63, 3.8) is 0 Å². The lowest BCUT2D eigenvalue weighted by Gasteiger charge is -2.40. The first kappa shape index (κ1) is 25.2. The first-order valence-electron chi connectivity index (χ1n) is 11.3. The maximum Gasteiger partial charge on any atom is 0.417 e. The number of amides is 1. The summed E-state index contributed by atoms with van der Waals surface area (Å²) in [5, 5.41) is 0.721. The molecular weight excluding hydrogens is 482 g/mol. The van der Waals surface area contributed by atoms with Crippen LogP contribution in [-0.2, 0) is 17.3 Å². The Morgan fingerprint density at radius 3 is 2.57 bits per heavy atom. The number of aryl methyl sites for hydroxylation is 2. The van der Waals surface area contributed by atoms with Gasteiger partial charge in [-0.05, 0) is 62.4 Å². The Morgan fingerprint density at radius 2 is 1.94 bits per heavy atom. The van der Waals surface area contributed by atoms with Crippen molar-refractivity contribution >= 4 is 17.2 Å². The van der Waals surface area contributed by atoms with E-state index in [2.05, 4.69) is 9.97 Å². The molecule has 0 spiro atoms. The van der Waals surface area contributed by atoms with Gasteiger partial charge in [-0.3, -0.25) is 9.78 Å². The quantitative estimate of drug-likeness (QED) is 0.389.